The van der Waals surface area contributed by atoms with E-state index in [0.29, 0.717) is 5.69 Å². The van der Waals surface area contributed by atoms with E-state index in [-0.39, 0.29) is 19.5 Å². The Morgan fingerprint density at radius 2 is 1.56 bits per heavy atom. The molecule has 1 aromatic rings. The van der Waals surface area contributed by atoms with Gasteiger partial charge in [-0.2, -0.15) is 0 Å². The molecule has 0 aromatic carbocycles. The number of nitrogens with two attached hydrogens (primary N) is 3. The van der Waals surface area contributed by atoms with Gasteiger partial charge in [-0.15, -0.1) is 5.10 Å². The number of aliphatic hydroxyl groups is 7. The van der Waals surface area contributed by atoms with Gasteiger partial charge in [0, 0.05) is 31.4 Å². The number of nitrogens with one attached hydrogen (secondary N) is 2. The van der Waals surface area contributed by atoms with Crippen molar-refractivity contribution in [2.24, 2.45) is 17.2 Å². The third-order valence-corrected chi connectivity index (χ3v) is 7.45. The second kappa shape index (κ2) is 13.0. The highest BCUT2D eigenvalue weighted by molar-refractivity contribution is 5.03. The van der Waals surface area contributed by atoms with Gasteiger partial charge in [0.25, 0.3) is 0 Å². The molecule has 15 atom stereocenters. The van der Waals surface area contributed by atoms with Crippen molar-refractivity contribution in [3.8, 4) is 0 Å². The van der Waals surface area contributed by atoms with Crippen LogP contribution in [0.1, 0.15) is 12.1 Å². The number of rotatable bonds is 9. The molecule has 2 aliphatic heterocycles. The Kier molecular flexibility index (Phi) is 10.2. The molecule has 18 heteroatoms. The molecular formula is C21H39N7O11. The first kappa shape index (κ1) is 30.5. The lowest BCUT2D eigenvalue weighted by molar-refractivity contribution is -0.332. The topological polar surface area (TPSA) is 310 Å². The number of ether oxygens (including phenoxy) is 4. The predicted octanol–water partition coefficient (Wildman–Crippen LogP) is -7.34. The molecule has 0 radical (unpaired) electrons. The van der Waals surface area contributed by atoms with Crippen LogP contribution < -0.4 is 22.5 Å². The molecule has 15 N–H and O–H groups in total. The lowest BCUT2D eigenvalue weighted by atomic mass is 9.83. The number of aliphatic hydroxyl groups excluding tert-OH is 7. The van der Waals surface area contributed by atoms with Crippen molar-refractivity contribution in [1.29, 1.82) is 0 Å². The Labute approximate surface area is 223 Å². The summed E-state index contributed by atoms with van der Waals surface area (Å²) in [4.78, 5) is 0. The first-order chi connectivity index (χ1) is 18.6. The maximum Gasteiger partial charge on any atom is 0.187 e. The van der Waals surface area contributed by atoms with Gasteiger partial charge in [-0.3, -0.25) is 5.10 Å². The summed E-state index contributed by atoms with van der Waals surface area (Å²) < 4.78 is 22.9. The van der Waals surface area contributed by atoms with Gasteiger partial charge in [-0.25, -0.2) is 0 Å². The van der Waals surface area contributed by atoms with Crippen LogP contribution in [0.5, 0.6) is 0 Å². The Balaban J connectivity index is 1.54. The molecule has 2 saturated heterocycles. The minimum Gasteiger partial charge on any atom is -0.394 e. The average Bonchev–Trinajstić information content (AvgIpc) is 3.45. The SMILES string of the molecule is NCC1O[C@@H](O[C@H]2C(N)C[C@H](NCc3c[nH]nn3)C(OC3O[C@@H](CO)C(O)[C@H](N)[C@@H]3O)[C@@H]2O)C(O)[C@H](O)[C@H]1O. The van der Waals surface area contributed by atoms with Crippen molar-refractivity contribution < 1.29 is 54.7 Å². The fourth-order valence-corrected chi connectivity index (χ4v) is 5.11. The molecule has 4 rings (SSSR count). The van der Waals surface area contributed by atoms with Crippen LogP contribution in [0.4, 0.5) is 0 Å². The van der Waals surface area contributed by atoms with Crippen molar-refractivity contribution in [2.75, 3.05) is 13.2 Å². The third kappa shape index (κ3) is 6.40. The van der Waals surface area contributed by atoms with E-state index in [1.165, 1.54) is 0 Å². The van der Waals surface area contributed by atoms with Gasteiger partial charge in [0.1, 0.15) is 61.0 Å². The Morgan fingerprint density at radius 1 is 0.897 bits per heavy atom. The van der Waals surface area contributed by atoms with E-state index < -0.39 is 98.4 Å². The van der Waals surface area contributed by atoms with Crippen LogP contribution in [0, 0.1) is 0 Å². The fraction of sp³-hybridized carbons (Fsp3) is 0.905. The first-order valence-electron chi connectivity index (χ1n) is 12.7. The molecule has 3 aliphatic rings. The minimum absolute atomic E-state index is 0.138. The Morgan fingerprint density at radius 3 is 2.21 bits per heavy atom. The first-order valence-corrected chi connectivity index (χ1v) is 12.7. The van der Waals surface area contributed by atoms with Crippen molar-refractivity contribution in [2.45, 2.75) is 105 Å². The van der Waals surface area contributed by atoms with Crippen LogP contribution in [0.25, 0.3) is 0 Å². The number of aromatic nitrogens is 3. The molecule has 39 heavy (non-hydrogen) atoms. The van der Waals surface area contributed by atoms with Gasteiger partial charge in [0.05, 0.1) is 18.3 Å². The van der Waals surface area contributed by atoms with E-state index in [9.17, 15) is 35.7 Å². The lowest BCUT2D eigenvalue weighted by Crippen LogP contribution is -2.69. The fourth-order valence-electron chi connectivity index (χ4n) is 5.11. The molecule has 1 saturated carbocycles. The molecule has 0 bridgehead atoms. The zero-order valence-electron chi connectivity index (χ0n) is 21.0. The molecule has 1 aliphatic carbocycles. The molecule has 3 fully saturated rings. The number of H-pyrrole nitrogens is 1. The zero-order valence-corrected chi connectivity index (χ0v) is 21.0. The van der Waals surface area contributed by atoms with Gasteiger partial charge in [-0.05, 0) is 6.42 Å². The van der Waals surface area contributed by atoms with Gasteiger partial charge in [0.15, 0.2) is 12.6 Å². The number of hydrogen-bond acceptors (Lipinski definition) is 17. The van der Waals surface area contributed by atoms with Gasteiger partial charge < -0.3 is 77.2 Å². The standard InChI is InChI=1S/C21H39N7O11/c22-2-9-13(31)15(33)16(34)21(36-9)38-18-7(23)1-8(25-3-6-4-26-28-27-6)19(17(18)35)39-20-14(32)11(24)12(30)10(5-29)37-20/h4,7-21,25,29-35H,1-3,5,22-24H2,(H,26,27,28)/t7?,8-,9?,10-,11-,12?,13-,14-,15+,16?,17+,18-,19?,20?,21-/m0/s1. The van der Waals surface area contributed by atoms with E-state index in [4.69, 9.17) is 36.1 Å². The summed E-state index contributed by atoms with van der Waals surface area (Å²) in [5, 5.41) is 85.8. The predicted molar refractivity (Wildman–Crippen MR) is 127 cm³/mol. The average molecular weight is 566 g/mol. The summed E-state index contributed by atoms with van der Waals surface area (Å²) in [5.74, 6) is 0. The number of hydrogen-bond donors (Lipinski definition) is 12. The number of aromatic amines is 1. The molecule has 224 valence electrons. The molecule has 1 aromatic heterocycles. The minimum atomic E-state index is -1.68. The monoisotopic (exact) mass is 565 g/mol. The van der Waals surface area contributed by atoms with E-state index in [1.54, 1.807) is 6.20 Å². The Hall–Kier alpha value is -1.46. The van der Waals surface area contributed by atoms with E-state index in [2.05, 4.69) is 20.7 Å². The van der Waals surface area contributed by atoms with Crippen molar-refractivity contribution in [3.05, 3.63) is 11.9 Å². The van der Waals surface area contributed by atoms with Gasteiger partial charge in [0.2, 0.25) is 0 Å². The van der Waals surface area contributed by atoms with E-state index in [1.807, 2.05) is 0 Å². The van der Waals surface area contributed by atoms with Crippen LogP contribution >= 0.6 is 0 Å². The quantitative estimate of drug-likeness (QED) is 0.132. The van der Waals surface area contributed by atoms with Crippen LogP contribution in [0.3, 0.4) is 0 Å². The highest BCUT2D eigenvalue weighted by atomic mass is 16.7. The van der Waals surface area contributed by atoms with Gasteiger partial charge in [-0.1, -0.05) is 5.21 Å². The second-order valence-corrected chi connectivity index (χ2v) is 10.1. The molecule has 18 nitrogen and oxygen atoms in total. The van der Waals surface area contributed by atoms with Gasteiger partial charge >= 0.3 is 0 Å². The summed E-state index contributed by atoms with van der Waals surface area (Å²) in [7, 11) is 0. The molecular weight excluding hydrogens is 526 g/mol. The zero-order chi connectivity index (χ0) is 28.4. The summed E-state index contributed by atoms with van der Waals surface area (Å²) >= 11 is 0. The van der Waals surface area contributed by atoms with E-state index >= 15 is 0 Å². The lowest BCUT2D eigenvalue weighted by Gasteiger charge is -2.49. The van der Waals surface area contributed by atoms with Crippen LogP contribution in [-0.2, 0) is 25.5 Å². The highest BCUT2D eigenvalue weighted by Crippen LogP contribution is 2.32. The normalized spacial score (nSPS) is 47.3. The molecule has 0 amide bonds. The summed E-state index contributed by atoms with van der Waals surface area (Å²) in [6, 6.07) is -2.74. The van der Waals surface area contributed by atoms with Crippen molar-refractivity contribution in [3.63, 3.8) is 0 Å². The van der Waals surface area contributed by atoms with Crippen molar-refractivity contribution >= 4 is 0 Å². The smallest absolute Gasteiger partial charge is 0.187 e. The third-order valence-electron chi connectivity index (χ3n) is 7.45. The summed E-state index contributed by atoms with van der Waals surface area (Å²) in [5.41, 5.74) is 18.4. The maximum absolute atomic E-state index is 11.4. The Bertz CT molecular complexity index is 886. The second-order valence-electron chi connectivity index (χ2n) is 10.1. The van der Waals surface area contributed by atoms with Crippen LogP contribution in [-0.4, -0.2) is 156 Å². The largest absolute Gasteiger partial charge is 0.394 e. The summed E-state index contributed by atoms with van der Waals surface area (Å²) in [6.07, 6.45) is -15.1. The van der Waals surface area contributed by atoms with Crippen LogP contribution in [0.15, 0.2) is 6.20 Å². The highest BCUT2D eigenvalue weighted by Gasteiger charge is 2.52. The molecule has 0 spiro atoms. The van der Waals surface area contributed by atoms with Crippen LogP contribution in [0.2, 0.25) is 0 Å². The number of nitrogens with zero attached hydrogens (tertiary/aromatic N) is 2. The molecule has 6 unspecified atom stereocenters. The summed E-state index contributed by atoms with van der Waals surface area (Å²) in [6.45, 7) is -0.588. The van der Waals surface area contributed by atoms with Crippen molar-refractivity contribution in [1.82, 2.24) is 20.7 Å². The maximum atomic E-state index is 11.4. The molecule has 3 heterocycles. The van der Waals surface area contributed by atoms with E-state index in [0.717, 1.165) is 0 Å².